The Hall–Kier alpha value is -3.55. The van der Waals surface area contributed by atoms with Crippen LogP contribution in [-0.4, -0.2) is 37.0 Å². The molecule has 3 aromatic rings. The summed E-state index contributed by atoms with van der Waals surface area (Å²) in [5, 5.41) is 9.67. The first kappa shape index (κ1) is 23.1. The van der Waals surface area contributed by atoms with Crippen LogP contribution >= 0.6 is 23.2 Å². The molecule has 3 rings (SSSR count). The highest BCUT2D eigenvalue weighted by Crippen LogP contribution is 2.29. The van der Waals surface area contributed by atoms with Crippen molar-refractivity contribution in [2.24, 2.45) is 4.99 Å². The number of methoxy groups -OCH3 is 1. The quantitative estimate of drug-likeness (QED) is 0.266. The van der Waals surface area contributed by atoms with E-state index in [1.807, 2.05) is 0 Å². The monoisotopic (exact) mass is 473 g/mol. The van der Waals surface area contributed by atoms with Crippen LogP contribution in [-0.2, 0) is 4.79 Å². The number of aliphatic imine (C=N–C) groups is 1. The Morgan fingerprint density at radius 2 is 1.69 bits per heavy atom. The number of halogens is 2. The highest BCUT2D eigenvalue weighted by atomic mass is 35.5. The number of hydrogen-bond acceptors (Lipinski definition) is 6. The van der Waals surface area contributed by atoms with Crippen LogP contribution in [0.4, 0.5) is 5.69 Å². The molecule has 0 fully saturated rings. The van der Waals surface area contributed by atoms with Crippen molar-refractivity contribution in [3.8, 4) is 17.2 Å². The van der Waals surface area contributed by atoms with Gasteiger partial charge in [-0.05, 0) is 66.2 Å². The normalized spacial score (nSPS) is 10.7. The summed E-state index contributed by atoms with van der Waals surface area (Å²) in [6.45, 7) is -0.361. The predicted molar refractivity (Wildman–Crippen MR) is 121 cm³/mol. The van der Waals surface area contributed by atoms with Crippen molar-refractivity contribution >= 4 is 47.0 Å². The Morgan fingerprint density at radius 3 is 2.34 bits per heavy atom. The molecule has 0 saturated carbocycles. The van der Waals surface area contributed by atoms with Crippen LogP contribution < -0.4 is 14.2 Å². The fourth-order valence-corrected chi connectivity index (χ4v) is 3.03. The van der Waals surface area contributed by atoms with E-state index in [1.165, 1.54) is 25.3 Å². The van der Waals surface area contributed by atoms with Crippen LogP contribution in [0.1, 0.15) is 15.9 Å². The Labute approximate surface area is 193 Å². The summed E-state index contributed by atoms with van der Waals surface area (Å²) in [7, 11) is 1.45. The maximum absolute atomic E-state index is 12.2. The molecule has 0 heterocycles. The van der Waals surface area contributed by atoms with Crippen molar-refractivity contribution in [1.29, 1.82) is 0 Å². The molecular weight excluding hydrogens is 457 g/mol. The number of ether oxygens (including phenoxy) is 3. The number of benzene rings is 3. The van der Waals surface area contributed by atoms with E-state index in [4.69, 9.17) is 42.5 Å². The third-order valence-electron chi connectivity index (χ3n) is 4.13. The largest absolute Gasteiger partial charge is 0.493 e. The summed E-state index contributed by atoms with van der Waals surface area (Å²) < 4.78 is 16.0. The molecule has 0 aliphatic carbocycles. The predicted octanol–water partition coefficient (Wildman–Crippen LogP) is 5.44. The van der Waals surface area contributed by atoms with Crippen molar-refractivity contribution < 1.29 is 28.9 Å². The molecule has 7 nitrogen and oxygen atoms in total. The number of nitrogens with zero attached hydrogens (tertiary/aromatic N) is 1. The molecule has 0 saturated heterocycles. The van der Waals surface area contributed by atoms with Gasteiger partial charge in [0.05, 0.1) is 23.4 Å². The van der Waals surface area contributed by atoms with Crippen LogP contribution in [0.2, 0.25) is 10.0 Å². The summed E-state index contributed by atoms with van der Waals surface area (Å²) in [5.41, 5.74) is 1.45. The molecule has 0 bridgehead atoms. The summed E-state index contributed by atoms with van der Waals surface area (Å²) in [6, 6.07) is 15.7. The number of aromatic carboxylic acids is 1. The molecule has 0 spiro atoms. The van der Waals surface area contributed by atoms with E-state index >= 15 is 0 Å². The molecule has 32 heavy (non-hydrogen) atoms. The third-order valence-corrected chi connectivity index (χ3v) is 4.66. The third kappa shape index (κ3) is 6.23. The molecule has 0 aromatic heterocycles. The number of hydrogen-bond donors (Lipinski definition) is 1. The second kappa shape index (κ2) is 10.7. The number of esters is 1. The smallest absolute Gasteiger partial charge is 0.349 e. The van der Waals surface area contributed by atoms with Crippen LogP contribution in [0.15, 0.2) is 65.7 Å². The lowest BCUT2D eigenvalue weighted by atomic mass is 10.2. The molecule has 0 radical (unpaired) electrons. The van der Waals surface area contributed by atoms with Gasteiger partial charge in [0, 0.05) is 11.2 Å². The molecule has 0 atom stereocenters. The van der Waals surface area contributed by atoms with Crippen molar-refractivity contribution in [3.63, 3.8) is 0 Å². The van der Waals surface area contributed by atoms with E-state index < -0.39 is 11.9 Å². The Bertz CT molecular complexity index is 1160. The van der Waals surface area contributed by atoms with Gasteiger partial charge >= 0.3 is 11.9 Å². The molecule has 0 aliphatic rings. The van der Waals surface area contributed by atoms with Gasteiger partial charge in [0.15, 0.2) is 18.1 Å². The number of carboxylic acids is 1. The van der Waals surface area contributed by atoms with E-state index in [0.29, 0.717) is 27.8 Å². The van der Waals surface area contributed by atoms with Gasteiger partial charge in [-0.15, -0.1) is 0 Å². The van der Waals surface area contributed by atoms with E-state index in [0.717, 1.165) is 0 Å². The minimum Gasteiger partial charge on any atom is -0.493 e. The Kier molecular flexibility index (Phi) is 7.70. The second-order valence-corrected chi connectivity index (χ2v) is 7.20. The Morgan fingerprint density at radius 1 is 0.969 bits per heavy atom. The van der Waals surface area contributed by atoms with Crippen LogP contribution in [0, 0.1) is 0 Å². The van der Waals surface area contributed by atoms with Gasteiger partial charge in [0.25, 0.3) is 0 Å². The molecule has 3 aromatic carbocycles. The highest BCUT2D eigenvalue weighted by Gasteiger charge is 2.13. The minimum absolute atomic E-state index is 0.180. The van der Waals surface area contributed by atoms with Gasteiger partial charge in [-0.1, -0.05) is 23.2 Å². The standard InChI is InChI=1S/C23H17Cl2NO6/c1-30-21-10-14(12-26-17-6-3-15(4-7-17)23(28)29)2-8-20(21)32-22(27)13-31-19-9-5-16(24)11-18(19)25/h2-12H,13H2,1H3,(H,28,29). The fraction of sp³-hybridized carbons (Fsp3) is 0.0870. The van der Waals surface area contributed by atoms with Gasteiger partial charge in [-0.3, -0.25) is 4.99 Å². The zero-order valence-electron chi connectivity index (χ0n) is 16.7. The number of carbonyl (C=O) groups is 2. The summed E-state index contributed by atoms with van der Waals surface area (Å²) in [6.07, 6.45) is 1.58. The topological polar surface area (TPSA) is 94.4 Å². The van der Waals surface area contributed by atoms with E-state index in [2.05, 4.69) is 4.99 Å². The van der Waals surface area contributed by atoms with Crippen molar-refractivity contribution in [3.05, 3.63) is 81.8 Å². The van der Waals surface area contributed by atoms with Gasteiger partial charge in [-0.25, -0.2) is 9.59 Å². The molecule has 0 aliphatic heterocycles. The highest BCUT2D eigenvalue weighted by molar-refractivity contribution is 6.35. The maximum Gasteiger partial charge on any atom is 0.349 e. The maximum atomic E-state index is 12.2. The lowest BCUT2D eigenvalue weighted by molar-refractivity contribution is -0.136. The number of carbonyl (C=O) groups excluding carboxylic acids is 1. The molecular formula is C23H17Cl2NO6. The molecule has 0 unspecified atom stereocenters. The average molecular weight is 474 g/mol. The fourth-order valence-electron chi connectivity index (χ4n) is 2.57. The van der Waals surface area contributed by atoms with Gasteiger partial charge in [-0.2, -0.15) is 0 Å². The van der Waals surface area contributed by atoms with E-state index in [1.54, 1.807) is 48.7 Å². The zero-order valence-corrected chi connectivity index (χ0v) is 18.3. The first-order valence-electron chi connectivity index (χ1n) is 9.19. The first-order valence-corrected chi connectivity index (χ1v) is 9.95. The number of carboxylic acid groups (broad SMARTS) is 1. The van der Waals surface area contributed by atoms with Gasteiger partial charge < -0.3 is 19.3 Å². The molecule has 164 valence electrons. The molecule has 9 heteroatoms. The Balaban J connectivity index is 1.64. The van der Waals surface area contributed by atoms with E-state index in [9.17, 15) is 9.59 Å². The van der Waals surface area contributed by atoms with Gasteiger partial charge in [0.1, 0.15) is 5.75 Å². The van der Waals surface area contributed by atoms with E-state index in [-0.39, 0.29) is 22.9 Å². The van der Waals surface area contributed by atoms with Crippen molar-refractivity contribution in [2.75, 3.05) is 13.7 Å². The van der Waals surface area contributed by atoms with Gasteiger partial charge in [0.2, 0.25) is 0 Å². The minimum atomic E-state index is -1.00. The average Bonchev–Trinajstić information content (AvgIpc) is 2.78. The number of rotatable bonds is 8. The lowest BCUT2D eigenvalue weighted by Gasteiger charge is -2.11. The lowest BCUT2D eigenvalue weighted by Crippen LogP contribution is -2.18. The SMILES string of the molecule is COc1cc(C=Nc2ccc(C(=O)O)cc2)ccc1OC(=O)COc1ccc(Cl)cc1Cl. The second-order valence-electron chi connectivity index (χ2n) is 6.36. The van der Waals surface area contributed by atoms with Crippen molar-refractivity contribution in [2.45, 2.75) is 0 Å². The first-order chi connectivity index (χ1) is 15.4. The molecule has 1 N–H and O–H groups in total. The molecule has 0 amide bonds. The summed E-state index contributed by atoms with van der Waals surface area (Å²) >= 11 is 11.8. The van der Waals surface area contributed by atoms with Crippen LogP contribution in [0.5, 0.6) is 17.2 Å². The van der Waals surface area contributed by atoms with Crippen LogP contribution in [0.3, 0.4) is 0 Å². The summed E-state index contributed by atoms with van der Waals surface area (Å²) in [5.74, 6) is -0.798. The zero-order chi connectivity index (χ0) is 23.1. The van der Waals surface area contributed by atoms with Crippen LogP contribution in [0.25, 0.3) is 0 Å². The summed E-state index contributed by atoms with van der Waals surface area (Å²) in [4.78, 5) is 27.4. The van der Waals surface area contributed by atoms with Crippen molar-refractivity contribution in [1.82, 2.24) is 0 Å².